The summed E-state index contributed by atoms with van der Waals surface area (Å²) in [5, 5.41) is 10.8. The summed E-state index contributed by atoms with van der Waals surface area (Å²) in [6, 6.07) is 7.64. The zero-order chi connectivity index (χ0) is 18.9. The number of hydrogen-bond acceptors (Lipinski definition) is 5. The van der Waals surface area contributed by atoms with E-state index in [0.717, 1.165) is 35.6 Å². The quantitative estimate of drug-likeness (QED) is 0.743. The summed E-state index contributed by atoms with van der Waals surface area (Å²) in [6.45, 7) is 5.45. The summed E-state index contributed by atoms with van der Waals surface area (Å²) in [5.74, 6) is 0.510. The standard InChI is InChI=1S/C20H23N5O2/c1-14-4-5-16(12-17(14)18-23-15(2)13-27-18)24-19(26)20(6-9-21-10-7-20)25-11-3-8-22-25/h3-5,8,11-13,21H,6-7,9-10H2,1-2H3,(H,24,26). The lowest BCUT2D eigenvalue weighted by molar-refractivity contribution is -0.126. The first-order chi connectivity index (χ1) is 13.1. The molecule has 0 bridgehead atoms. The van der Waals surface area contributed by atoms with Crippen molar-refractivity contribution in [3.63, 3.8) is 0 Å². The van der Waals surface area contributed by atoms with Gasteiger partial charge in [0, 0.05) is 23.6 Å². The number of aromatic nitrogens is 3. The van der Waals surface area contributed by atoms with Gasteiger partial charge in [-0.1, -0.05) is 6.07 Å². The Morgan fingerprint density at radius 2 is 2.11 bits per heavy atom. The SMILES string of the molecule is Cc1coc(-c2cc(NC(=O)C3(n4cccn4)CCNCC3)ccc2C)n1. The number of nitrogens with zero attached hydrogens (tertiary/aromatic N) is 3. The number of carbonyl (C=O) groups excluding carboxylic acids is 1. The third-order valence-electron chi connectivity index (χ3n) is 5.14. The van der Waals surface area contributed by atoms with Crippen LogP contribution in [-0.4, -0.2) is 33.8 Å². The van der Waals surface area contributed by atoms with Crippen molar-refractivity contribution in [2.24, 2.45) is 0 Å². The second-order valence-corrected chi connectivity index (χ2v) is 7.01. The van der Waals surface area contributed by atoms with E-state index < -0.39 is 5.54 Å². The highest BCUT2D eigenvalue weighted by molar-refractivity contribution is 5.97. The van der Waals surface area contributed by atoms with E-state index in [9.17, 15) is 4.79 Å². The molecule has 27 heavy (non-hydrogen) atoms. The fourth-order valence-electron chi connectivity index (χ4n) is 3.58. The number of piperidine rings is 1. The molecule has 0 aliphatic carbocycles. The van der Waals surface area contributed by atoms with Crippen LogP contribution in [0, 0.1) is 13.8 Å². The molecular weight excluding hydrogens is 342 g/mol. The molecule has 1 saturated heterocycles. The van der Waals surface area contributed by atoms with E-state index >= 15 is 0 Å². The minimum Gasteiger partial charge on any atom is -0.444 e. The largest absolute Gasteiger partial charge is 0.444 e. The molecule has 2 aromatic heterocycles. The summed E-state index contributed by atoms with van der Waals surface area (Å²) in [4.78, 5) is 17.7. The minimum absolute atomic E-state index is 0.0499. The van der Waals surface area contributed by atoms with Crippen LogP contribution in [0.25, 0.3) is 11.5 Å². The number of oxazole rings is 1. The summed E-state index contributed by atoms with van der Waals surface area (Å²) in [5.41, 5.74) is 2.78. The lowest BCUT2D eigenvalue weighted by Gasteiger charge is -2.36. The van der Waals surface area contributed by atoms with Crippen molar-refractivity contribution >= 4 is 11.6 Å². The van der Waals surface area contributed by atoms with Crippen LogP contribution >= 0.6 is 0 Å². The fourth-order valence-corrected chi connectivity index (χ4v) is 3.58. The third kappa shape index (κ3) is 3.26. The Balaban J connectivity index is 1.64. The molecule has 0 unspecified atom stereocenters. The Morgan fingerprint density at radius 3 is 2.78 bits per heavy atom. The first-order valence-corrected chi connectivity index (χ1v) is 9.14. The van der Waals surface area contributed by atoms with E-state index in [1.54, 1.807) is 17.1 Å². The van der Waals surface area contributed by atoms with Crippen molar-refractivity contribution in [3.8, 4) is 11.5 Å². The van der Waals surface area contributed by atoms with Gasteiger partial charge in [-0.15, -0.1) is 0 Å². The summed E-state index contributed by atoms with van der Waals surface area (Å²) in [6.07, 6.45) is 6.59. The second kappa shape index (κ2) is 7.00. The van der Waals surface area contributed by atoms with Crippen LogP contribution in [0.5, 0.6) is 0 Å². The predicted molar refractivity (Wildman–Crippen MR) is 102 cm³/mol. The van der Waals surface area contributed by atoms with Crippen LogP contribution < -0.4 is 10.6 Å². The fraction of sp³-hybridized carbons (Fsp3) is 0.350. The summed E-state index contributed by atoms with van der Waals surface area (Å²) >= 11 is 0. The van der Waals surface area contributed by atoms with Crippen LogP contribution in [0.1, 0.15) is 24.1 Å². The van der Waals surface area contributed by atoms with E-state index in [1.807, 2.05) is 44.3 Å². The number of carbonyl (C=O) groups is 1. The molecule has 2 N–H and O–H groups in total. The lowest BCUT2D eigenvalue weighted by atomic mass is 9.87. The van der Waals surface area contributed by atoms with Gasteiger partial charge in [-0.25, -0.2) is 4.98 Å². The van der Waals surface area contributed by atoms with Gasteiger partial charge in [0.05, 0.1) is 5.69 Å². The van der Waals surface area contributed by atoms with E-state index in [4.69, 9.17) is 4.42 Å². The Morgan fingerprint density at radius 1 is 1.30 bits per heavy atom. The molecule has 140 valence electrons. The van der Waals surface area contributed by atoms with Crippen molar-refractivity contribution in [2.45, 2.75) is 32.2 Å². The zero-order valence-corrected chi connectivity index (χ0v) is 15.5. The van der Waals surface area contributed by atoms with Gasteiger partial charge in [-0.2, -0.15) is 5.10 Å². The van der Waals surface area contributed by atoms with Crippen LogP contribution in [0.3, 0.4) is 0 Å². The predicted octanol–water partition coefficient (Wildman–Crippen LogP) is 2.87. The molecule has 0 spiro atoms. The van der Waals surface area contributed by atoms with Gasteiger partial charge >= 0.3 is 0 Å². The number of rotatable bonds is 4. The molecule has 0 radical (unpaired) electrons. The topological polar surface area (TPSA) is 85.0 Å². The smallest absolute Gasteiger partial charge is 0.252 e. The van der Waals surface area contributed by atoms with Gasteiger partial charge in [-0.3, -0.25) is 9.48 Å². The molecular formula is C20H23N5O2. The van der Waals surface area contributed by atoms with Crippen LogP contribution in [0.2, 0.25) is 0 Å². The molecule has 3 aromatic rings. The number of hydrogen-bond donors (Lipinski definition) is 2. The van der Waals surface area contributed by atoms with Crippen molar-refractivity contribution in [3.05, 3.63) is 54.2 Å². The number of aryl methyl sites for hydroxylation is 2. The maximum Gasteiger partial charge on any atom is 0.252 e. The van der Waals surface area contributed by atoms with Crippen molar-refractivity contribution < 1.29 is 9.21 Å². The van der Waals surface area contributed by atoms with E-state index in [0.29, 0.717) is 18.7 Å². The average Bonchev–Trinajstić information content (AvgIpc) is 3.36. The van der Waals surface area contributed by atoms with Crippen molar-refractivity contribution in [1.82, 2.24) is 20.1 Å². The van der Waals surface area contributed by atoms with Gasteiger partial charge in [-0.05, 0) is 63.5 Å². The van der Waals surface area contributed by atoms with Crippen LogP contribution in [-0.2, 0) is 10.3 Å². The molecule has 3 heterocycles. The molecule has 1 aliphatic heterocycles. The number of nitrogens with one attached hydrogen (secondary N) is 2. The van der Waals surface area contributed by atoms with E-state index in [1.165, 1.54) is 0 Å². The Kier molecular flexibility index (Phi) is 4.53. The Labute approximate surface area is 157 Å². The number of amides is 1. The van der Waals surface area contributed by atoms with Crippen LogP contribution in [0.4, 0.5) is 5.69 Å². The number of benzene rings is 1. The third-order valence-corrected chi connectivity index (χ3v) is 5.14. The highest BCUT2D eigenvalue weighted by Crippen LogP contribution is 2.30. The molecule has 4 rings (SSSR count). The highest BCUT2D eigenvalue weighted by Gasteiger charge is 2.42. The van der Waals surface area contributed by atoms with Crippen molar-refractivity contribution in [1.29, 1.82) is 0 Å². The first kappa shape index (κ1) is 17.5. The van der Waals surface area contributed by atoms with E-state index in [2.05, 4.69) is 20.7 Å². The summed E-state index contributed by atoms with van der Waals surface area (Å²) < 4.78 is 7.33. The van der Waals surface area contributed by atoms with Gasteiger partial charge < -0.3 is 15.1 Å². The second-order valence-electron chi connectivity index (χ2n) is 7.01. The molecule has 7 heteroatoms. The molecule has 1 amide bonds. The maximum atomic E-state index is 13.3. The normalized spacial score (nSPS) is 16.2. The molecule has 0 atom stereocenters. The molecule has 1 aliphatic rings. The van der Waals surface area contributed by atoms with Crippen molar-refractivity contribution in [2.75, 3.05) is 18.4 Å². The van der Waals surface area contributed by atoms with E-state index in [-0.39, 0.29) is 5.91 Å². The van der Waals surface area contributed by atoms with Gasteiger partial charge in [0.15, 0.2) is 0 Å². The monoisotopic (exact) mass is 365 g/mol. The lowest BCUT2D eigenvalue weighted by Crippen LogP contribution is -2.52. The Hall–Kier alpha value is -2.93. The molecule has 7 nitrogen and oxygen atoms in total. The van der Waals surface area contributed by atoms with Crippen LogP contribution in [0.15, 0.2) is 47.3 Å². The number of anilines is 1. The molecule has 1 fully saturated rings. The average molecular weight is 365 g/mol. The minimum atomic E-state index is -0.681. The Bertz CT molecular complexity index is 939. The first-order valence-electron chi connectivity index (χ1n) is 9.14. The zero-order valence-electron chi connectivity index (χ0n) is 15.5. The van der Waals surface area contributed by atoms with Gasteiger partial charge in [0.2, 0.25) is 5.89 Å². The highest BCUT2D eigenvalue weighted by atomic mass is 16.3. The molecule has 1 aromatic carbocycles. The molecule has 0 saturated carbocycles. The van der Waals surface area contributed by atoms with Gasteiger partial charge in [0.25, 0.3) is 5.91 Å². The maximum absolute atomic E-state index is 13.3. The summed E-state index contributed by atoms with van der Waals surface area (Å²) in [7, 11) is 0. The van der Waals surface area contributed by atoms with Gasteiger partial charge in [0.1, 0.15) is 11.8 Å².